The Bertz CT molecular complexity index is 1210. The van der Waals surface area contributed by atoms with E-state index < -0.39 is 23.5 Å². The van der Waals surface area contributed by atoms with Gasteiger partial charge >= 0.3 is 11.6 Å². The first-order valence-corrected chi connectivity index (χ1v) is 10.4. The monoisotopic (exact) mass is 427 g/mol. The Labute approximate surface area is 180 Å². The van der Waals surface area contributed by atoms with Gasteiger partial charge in [-0.25, -0.2) is 9.59 Å². The molecule has 0 aliphatic heterocycles. The van der Waals surface area contributed by atoms with Crippen molar-refractivity contribution in [2.24, 2.45) is 5.92 Å². The summed E-state index contributed by atoms with van der Waals surface area (Å²) in [6.07, 6.45) is 1.77. The Kier molecular flexibility index (Phi) is 5.98. The summed E-state index contributed by atoms with van der Waals surface area (Å²) in [5, 5.41) is 13.5. The van der Waals surface area contributed by atoms with Crippen molar-refractivity contribution in [1.82, 2.24) is 5.32 Å². The van der Waals surface area contributed by atoms with E-state index >= 15 is 0 Å². The van der Waals surface area contributed by atoms with E-state index in [-0.39, 0.29) is 23.3 Å². The highest BCUT2D eigenvalue weighted by atomic mass is 16.4. The first-order chi connectivity index (χ1) is 14.4. The summed E-state index contributed by atoms with van der Waals surface area (Å²) in [5.41, 5.74) is 2.16. The number of benzene rings is 1. The topological polar surface area (TPSA) is 110 Å². The molecule has 1 amide bonds. The standard InChI is InChI=1S/C24H29NO6/c1-12(2)7-18(22(27)28)25-21(26)9-15-13(3)14-8-16-17(24(4,5)6)11-30-19(16)10-20(14)31-23(15)29/h8,10-12,18H,7,9H2,1-6H3,(H,25,26)(H,27,28)/t18-/m0/s1. The largest absolute Gasteiger partial charge is 0.480 e. The SMILES string of the molecule is Cc1c(CC(=O)N[C@@H](CC(C)C)C(=O)O)c(=O)oc2cc3occ(C(C)(C)C)c3cc12. The normalized spacial score (nSPS) is 13.1. The van der Waals surface area contributed by atoms with E-state index in [1.54, 1.807) is 19.3 Å². The highest BCUT2D eigenvalue weighted by Crippen LogP contribution is 2.35. The third kappa shape index (κ3) is 4.65. The number of carbonyl (C=O) groups is 2. The summed E-state index contributed by atoms with van der Waals surface area (Å²) < 4.78 is 11.2. The number of rotatable bonds is 6. The van der Waals surface area contributed by atoms with Gasteiger partial charge in [-0.15, -0.1) is 0 Å². The molecule has 3 rings (SSSR count). The van der Waals surface area contributed by atoms with Gasteiger partial charge in [0.05, 0.1) is 18.2 Å². The second kappa shape index (κ2) is 8.21. The van der Waals surface area contributed by atoms with Crippen LogP contribution in [0.3, 0.4) is 0 Å². The average molecular weight is 427 g/mol. The van der Waals surface area contributed by atoms with E-state index in [0.717, 1.165) is 16.3 Å². The number of hydrogen-bond donors (Lipinski definition) is 2. The van der Waals surface area contributed by atoms with Crippen LogP contribution in [0.2, 0.25) is 0 Å². The average Bonchev–Trinajstić information content (AvgIpc) is 3.06. The number of aliphatic carboxylic acids is 1. The molecule has 31 heavy (non-hydrogen) atoms. The number of nitrogens with one attached hydrogen (secondary N) is 1. The Morgan fingerprint density at radius 1 is 1.13 bits per heavy atom. The summed E-state index contributed by atoms with van der Waals surface area (Å²) in [4.78, 5) is 36.6. The third-order valence-corrected chi connectivity index (χ3v) is 5.47. The van der Waals surface area contributed by atoms with Crippen LogP contribution in [0.1, 0.15) is 57.7 Å². The lowest BCUT2D eigenvalue weighted by atomic mass is 9.86. The molecule has 0 radical (unpaired) electrons. The highest BCUT2D eigenvalue weighted by Gasteiger charge is 2.24. The fourth-order valence-corrected chi connectivity index (χ4v) is 3.79. The quantitative estimate of drug-likeness (QED) is 0.568. The summed E-state index contributed by atoms with van der Waals surface area (Å²) in [6.45, 7) is 11.8. The first kappa shape index (κ1) is 22.6. The minimum atomic E-state index is -1.10. The number of carboxylic acid groups (broad SMARTS) is 1. The van der Waals surface area contributed by atoms with Gasteiger partial charge in [-0.1, -0.05) is 34.6 Å². The van der Waals surface area contributed by atoms with Gasteiger partial charge in [0.2, 0.25) is 5.91 Å². The van der Waals surface area contributed by atoms with Crippen LogP contribution in [0.15, 0.2) is 32.0 Å². The molecule has 0 spiro atoms. The van der Waals surface area contributed by atoms with Crippen LogP contribution in [-0.2, 0) is 21.4 Å². The number of carboxylic acids is 1. The molecule has 1 atom stereocenters. The zero-order valence-corrected chi connectivity index (χ0v) is 18.8. The van der Waals surface area contributed by atoms with Crippen LogP contribution < -0.4 is 10.9 Å². The van der Waals surface area contributed by atoms with Gasteiger partial charge in [0.25, 0.3) is 0 Å². The number of carbonyl (C=O) groups excluding carboxylic acids is 1. The predicted octanol–water partition coefficient (Wildman–Crippen LogP) is 4.30. The summed E-state index contributed by atoms with van der Waals surface area (Å²) in [7, 11) is 0. The minimum Gasteiger partial charge on any atom is -0.480 e. The van der Waals surface area contributed by atoms with Crippen molar-refractivity contribution in [2.75, 3.05) is 0 Å². The number of hydrogen-bond acceptors (Lipinski definition) is 5. The molecule has 7 nitrogen and oxygen atoms in total. The first-order valence-electron chi connectivity index (χ1n) is 10.4. The number of fused-ring (bicyclic) bond motifs is 2. The predicted molar refractivity (Wildman–Crippen MR) is 118 cm³/mol. The van der Waals surface area contributed by atoms with Crippen molar-refractivity contribution in [2.45, 2.75) is 65.8 Å². The van der Waals surface area contributed by atoms with Gasteiger partial charge in [-0.2, -0.15) is 0 Å². The minimum absolute atomic E-state index is 0.100. The molecule has 0 aliphatic rings. The van der Waals surface area contributed by atoms with E-state index in [9.17, 15) is 19.5 Å². The Morgan fingerprint density at radius 3 is 2.39 bits per heavy atom. The van der Waals surface area contributed by atoms with Crippen LogP contribution in [0, 0.1) is 12.8 Å². The number of amides is 1. The van der Waals surface area contributed by atoms with E-state index in [1.165, 1.54) is 0 Å². The molecule has 1 aromatic carbocycles. The van der Waals surface area contributed by atoms with Gasteiger partial charge in [0.15, 0.2) is 0 Å². The molecule has 2 N–H and O–H groups in total. The Hall–Kier alpha value is -3.09. The molecule has 2 heterocycles. The summed E-state index contributed by atoms with van der Waals surface area (Å²) in [6, 6.07) is 2.62. The lowest BCUT2D eigenvalue weighted by Crippen LogP contribution is -2.42. The summed E-state index contributed by atoms with van der Waals surface area (Å²) >= 11 is 0. The van der Waals surface area contributed by atoms with Crippen molar-refractivity contribution in [3.05, 3.63) is 45.5 Å². The lowest BCUT2D eigenvalue weighted by Gasteiger charge is -2.17. The zero-order valence-electron chi connectivity index (χ0n) is 18.8. The van der Waals surface area contributed by atoms with Crippen molar-refractivity contribution < 1.29 is 23.5 Å². The lowest BCUT2D eigenvalue weighted by molar-refractivity contribution is -0.142. The van der Waals surface area contributed by atoms with Crippen LogP contribution in [0.5, 0.6) is 0 Å². The van der Waals surface area contributed by atoms with E-state index in [2.05, 4.69) is 26.1 Å². The smallest absolute Gasteiger partial charge is 0.340 e. The van der Waals surface area contributed by atoms with Gasteiger partial charge in [-0.05, 0) is 36.3 Å². The second-order valence-electron chi connectivity index (χ2n) is 9.50. The summed E-state index contributed by atoms with van der Waals surface area (Å²) in [5.74, 6) is -1.52. The van der Waals surface area contributed by atoms with Gasteiger partial charge in [0, 0.05) is 22.4 Å². The van der Waals surface area contributed by atoms with Gasteiger partial charge < -0.3 is 19.3 Å². The van der Waals surface area contributed by atoms with E-state index in [1.807, 2.05) is 19.9 Å². The van der Waals surface area contributed by atoms with Gasteiger partial charge in [-0.3, -0.25) is 4.79 Å². The molecule has 0 bridgehead atoms. The van der Waals surface area contributed by atoms with Crippen LogP contribution >= 0.6 is 0 Å². The maximum Gasteiger partial charge on any atom is 0.340 e. The zero-order chi connectivity index (χ0) is 23.1. The Balaban J connectivity index is 2.01. The molecule has 0 fully saturated rings. The highest BCUT2D eigenvalue weighted by molar-refractivity contribution is 5.97. The number of furan rings is 1. The van der Waals surface area contributed by atoms with Gasteiger partial charge in [0.1, 0.15) is 17.2 Å². The molecule has 0 saturated carbocycles. The van der Waals surface area contributed by atoms with Crippen molar-refractivity contribution in [3.8, 4) is 0 Å². The van der Waals surface area contributed by atoms with Crippen molar-refractivity contribution in [3.63, 3.8) is 0 Å². The molecule has 2 aromatic heterocycles. The van der Waals surface area contributed by atoms with E-state index in [0.29, 0.717) is 23.2 Å². The molecule has 0 unspecified atom stereocenters. The molecule has 3 aromatic rings. The molecular formula is C24H29NO6. The molecule has 0 saturated heterocycles. The van der Waals surface area contributed by atoms with Crippen LogP contribution in [0.25, 0.3) is 21.9 Å². The Morgan fingerprint density at radius 2 is 1.81 bits per heavy atom. The maximum absolute atomic E-state index is 12.6. The van der Waals surface area contributed by atoms with Crippen molar-refractivity contribution in [1.29, 1.82) is 0 Å². The molecule has 7 heteroatoms. The van der Waals surface area contributed by atoms with Crippen LogP contribution in [0.4, 0.5) is 0 Å². The second-order valence-corrected chi connectivity index (χ2v) is 9.50. The number of aryl methyl sites for hydroxylation is 1. The van der Waals surface area contributed by atoms with Crippen molar-refractivity contribution >= 4 is 33.8 Å². The third-order valence-electron chi connectivity index (χ3n) is 5.47. The fraction of sp³-hybridized carbons (Fsp3) is 0.458. The maximum atomic E-state index is 12.6. The van der Waals surface area contributed by atoms with E-state index in [4.69, 9.17) is 8.83 Å². The fourth-order valence-electron chi connectivity index (χ4n) is 3.79. The molecular weight excluding hydrogens is 398 g/mol. The molecule has 0 aliphatic carbocycles. The molecule has 166 valence electrons. The van der Waals surface area contributed by atoms with Crippen LogP contribution in [-0.4, -0.2) is 23.0 Å².